The number of carbonyl (C=O) groups is 1. The molecule has 4 heteroatoms. The summed E-state index contributed by atoms with van der Waals surface area (Å²) in [7, 11) is 1.68. The Labute approximate surface area is 148 Å². The molecule has 0 bridgehead atoms. The fraction of sp³-hybridized carbons (Fsp3) is 0.381. The van der Waals surface area contributed by atoms with E-state index < -0.39 is 0 Å². The highest BCUT2D eigenvalue weighted by Crippen LogP contribution is 2.36. The number of hydrogen-bond donors (Lipinski definition) is 2. The van der Waals surface area contributed by atoms with Gasteiger partial charge >= 0.3 is 0 Å². The first-order valence-corrected chi connectivity index (χ1v) is 8.95. The fourth-order valence-electron chi connectivity index (χ4n) is 4.09. The lowest BCUT2D eigenvalue weighted by Crippen LogP contribution is -2.36. The van der Waals surface area contributed by atoms with E-state index in [0.717, 1.165) is 55.8 Å². The van der Waals surface area contributed by atoms with Crippen molar-refractivity contribution in [3.8, 4) is 5.75 Å². The first kappa shape index (κ1) is 16.2. The lowest BCUT2D eigenvalue weighted by Gasteiger charge is -2.27. The molecule has 2 aromatic carbocycles. The van der Waals surface area contributed by atoms with Crippen LogP contribution in [0.25, 0.3) is 0 Å². The van der Waals surface area contributed by atoms with Gasteiger partial charge in [-0.25, -0.2) is 0 Å². The third-order valence-corrected chi connectivity index (χ3v) is 5.48. The van der Waals surface area contributed by atoms with Crippen molar-refractivity contribution < 1.29 is 9.53 Å². The van der Waals surface area contributed by atoms with Gasteiger partial charge in [-0.3, -0.25) is 4.79 Å². The molecule has 0 spiro atoms. The quantitative estimate of drug-likeness (QED) is 0.824. The molecular weight excluding hydrogens is 312 g/mol. The van der Waals surface area contributed by atoms with Gasteiger partial charge in [-0.1, -0.05) is 12.1 Å². The second kappa shape index (κ2) is 6.52. The number of rotatable bonds is 5. The third-order valence-electron chi connectivity index (χ3n) is 5.48. The molecule has 2 N–H and O–H groups in total. The second-order valence-electron chi connectivity index (χ2n) is 7.11. The van der Waals surface area contributed by atoms with E-state index in [1.54, 1.807) is 7.11 Å². The van der Waals surface area contributed by atoms with Gasteiger partial charge in [-0.15, -0.1) is 0 Å². The zero-order valence-corrected chi connectivity index (χ0v) is 14.6. The maximum atomic E-state index is 13.4. The molecule has 2 aromatic rings. The lowest BCUT2D eigenvalue weighted by molar-refractivity contribution is 0.0815. The molecule has 1 atom stereocenters. The van der Waals surface area contributed by atoms with Gasteiger partial charge in [0.2, 0.25) is 0 Å². The van der Waals surface area contributed by atoms with Crippen LogP contribution in [0.4, 0.5) is 5.69 Å². The normalized spacial score (nSPS) is 21.6. The maximum absolute atomic E-state index is 13.4. The molecule has 2 aliphatic heterocycles. The van der Waals surface area contributed by atoms with Crippen molar-refractivity contribution in [2.75, 3.05) is 32.1 Å². The summed E-state index contributed by atoms with van der Waals surface area (Å²) in [5.41, 5.74) is 4.05. The summed E-state index contributed by atoms with van der Waals surface area (Å²) in [4.78, 5) is 13.4. The third kappa shape index (κ3) is 3.02. The second-order valence-corrected chi connectivity index (χ2v) is 7.11. The van der Waals surface area contributed by atoms with Gasteiger partial charge in [-0.05, 0) is 67.3 Å². The van der Waals surface area contributed by atoms with E-state index in [9.17, 15) is 4.79 Å². The van der Waals surface area contributed by atoms with Gasteiger partial charge in [0.05, 0.1) is 12.5 Å². The van der Waals surface area contributed by atoms with Crippen LogP contribution in [0.5, 0.6) is 5.75 Å². The van der Waals surface area contributed by atoms with Crippen molar-refractivity contribution in [1.29, 1.82) is 0 Å². The van der Waals surface area contributed by atoms with Crippen molar-refractivity contribution >= 4 is 11.5 Å². The molecule has 0 radical (unpaired) electrons. The average Bonchev–Trinajstić information content (AvgIpc) is 3.30. The van der Waals surface area contributed by atoms with Crippen LogP contribution in [0.15, 0.2) is 42.5 Å². The van der Waals surface area contributed by atoms with E-state index in [1.807, 2.05) is 24.3 Å². The summed E-state index contributed by atoms with van der Waals surface area (Å²) in [5, 5.41) is 6.76. The first-order chi connectivity index (χ1) is 12.2. The van der Waals surface area contributed by atoms with Gasteiger partial charge in [0.1, 0.15) is 5.75 Å². The van der Waals surface area contributed by atoms with E-state index >= 15 is 0 Å². The molecule has 4 rings (SSSR count). The number of benzene rings is 2. The smallest absolute Gasteiger partial charge is 0.170 e. The molecule has 0 amide bonds. The van der Waals surface area contributed by atoms with Crippen LogP contribution in [0.2, 0.25) is 0 Å². The molecule has 130 valence electrons. The number of Topliss-reactive ketones (excluding diaryl/α,β-unsaturated/α-hetero) is 1. The summed E-state index contributed by atoms with van der Waals surface area (Å²) < 4.78 is 5.34. The summed E-state index contributed by atoms with van der Waals surface area (Å²) in [6.07, 6.45) is 2.61. The number of nitrogens with one attached hydrogen (secondary N) is 2. The molecule has 0 aromatic heterocycles. The average molecular weight is 336 g/mol. The van der Waals surface area contributed by atoms with Crippen LogP contribution in [0.3, 0.4) is 0 Å². The summed E-state index contributed by atoms with van der Waals surface area (Å²) in [6, 6.07) is 14.2. The Balaban J connectivity index is 1.64. The van der Waals surface area contributed by atoms with E-state index in [-0.39, 0.29) is 11.2 Å². The minimum atomic E-state index is -0.368. The number of fused-ring (bicyclic) bond motifs is 1. The van der Waals surface area contributed by atoms with Crippen LogP contribution in [0.1, 0.15) is 27.9 Å². The molecule has 25 heavy (non-hydrogen) atoms. The van der Waals surface area contributed by atoms with Gasteiger partial charge in [0.15, 0.2) is 5.78 Å². The SMILES string of the molecule is COc1cccc(CC2(C(=O)c3ccc4c(c3)CCN4)CCNC2)c1. The minimum Gasteiger partial charge on any atom is -0.497 e. The zero-order valence-electron chi connectivity index (χ0n) is 14.6. The van der Waals surface area contributed by atoms with E-state index in [0.29, 0.717) is 0 Å². The molecule has 2 heterocycles. The number of methoxy groups -OCH3 is 1. The van der Waals surface area contributed by atoms with Crippen LogP contribution >= 0.6 is 0 Å². The summed E-state index contributed by atoms with van der Waals surface area (Å²) >= 11 is 0. The number of carbonyl (C=O) groups excluding carboxylic acids is 1. The summed E-state index contributed by atoms with van der Waals surface area (Å²) in [6.45, 7) is 2.59. The minimum absolute atomic E-state index is 0.259. The van der Waals surface area contributed by atoms with Crippen LogP contribution in [-0.4, -0.2) is 32.5 Å². The summed E-state index contributed by atoms with van der Waals surface area (Å²) in [5.74, 6) is 1.10. The van der Waals surface area contributed by atoms with E-state index in [1.165, 1.54) is 11.3 Å². The standard InChI is InChI=1S/C21H24N2O2/c1-25-18-4-2-3-15(11-18)13-21(8-10-22-14-21)20(24)17-5-6-19-16(12-17)7-9-23-19/h2-6,11-12,22-23H,7-10,13-14H2,1H3. The van der Waals surface area contributed by atoms with Gasteiger partial charge in [-0.2, -0.15) is 0 Å². The van der Waals surface area contributed by atoms with Crippen molar-refractivity contribution in [3.63, 3.8) is 0 Å². The van der Waals surface area contributed by atoms with E-state index in [4.69, 9.17) is 4.74 Å². The van der Waals surface area contributed by atoms with Crippen molar-refractivity contribution in [1.82, 2.24) is 5.32 Å². The number of ether oxygens (including phenoxy) is 1. The Bertz CT molecular complexity index is 794. The van der Waals surface area contributed by atoms with Crippen LogP contribution in [-0.2, 0) is 12.8 Å². The number of ketones is 1. The highest BCUT2D eigenvalue weighted by molar-refractivity contribution is 6.01. The zero-order chi connectivity index (χ0) is 17.3. The molecule has 0 saturated carbocycles. The Morgan fingerprint density at radius 3 is 2.92 bits per heavy atom. The monoisotopic (exact) mass is 336 g/mol. The Morgan fingerprint density at radius 2 is 2.12 bits per heavy atom. The molecule has 4 nitrogen and oxygen atoms in total. The van der Waals surface area contributed by atoms with Crippen molar-refractivity contribution in [2.45, 2.75) is 19.3 Å². The van der Waals surface area contributed by atoms with Crippen molar-refractivity contribution in [2.24, 2.45) is 5.41 Å². The highest BCUT2D eigenvalue weighted by atomic mass is 16.5. The molecule has 1 saturated heterocycles. The molecule has 1 unspecified atom stereocenters. The Morgan fingerprint density at radius 1 is 1.20 bits per heavy atom. The van der Waals surface area contributed by atoms with Crippen molar-refractivity contribution in [3.05, 3.63) is 59.2 Å². The predicted molar refractivity (Wildman–Crippen MR) is 99.6 cm³/mol. The Kier molecular flexibility index (Phi) is 4.22. The topological polar surface area (TPSA) is 50.4 Å². The van der Waals surface area contributed by atoms with Gasteiger partial charge in [0.25, 0.3) is 0 Å². The van der Waals surface area contributed by atoms with Gasteiger partial charge in [0, 0.05) is 24.3 Å². The molecule has 0 aliphatic carbocycles. The molecular formula is C21H24N2O2. The fourth-order valence-corrected chi connectivity index (χ4v) is 4.09. The molecule has 2 aliphatic rings. The Hall–Kier alpha value is -2.33. The maximum Gasteiger partial charge on any atom is 0.170 e. The highest BCUT2D eigenvalue weighted by Gasteiger charge is 2.41. The van der Waals surface area contributed by atoms with E-state index in [2.05, 4.69) is 28.8 Å². The lowest BCUT2D eigenvalue weighted by atomic mass is 9.74. The molecule has 1 fully saturated rings. The van der Waals surface area contributed by atoms with Crippen LogP contribution < -0.4 is 15.4 Å². The number of anilines is 1. The predicted octanol–water partition coefficient (Wildman–Crippen LogP) is 3.07. The number of hydrogen-bond acceptors (Lipinski definition) is 4. The van der Waals surface area contributed by atoms with Gasteiger partial charge < -0.3 is 15.4 Å². The largest absolute Gasteiger partial charge is 0.497 e. The van der Waals surface area contributed by atoms with Crippen LogP contribution in [0, 0.1) is 5.41 Å². The first-order valence-electron chi connectivity index (χ1n) is 8.95.